The van der Waals surface area contributed by atoms with Crippen LogP contribution in [0.4, 0.5) is 0 Å². The van der Waals surface area contributed by atoms with Crippen LogP contribution in [-0.2, 0) is 65.4 Å². The van der Waals surface area contributed by atoms with Gasteiger partial charge in [-0.05, 0) is 31.6 Å². The minimum atomic E-state index is -4.97. The van der Waals surface area contributed by atoms with Gasteiger partial charge in [-0.15, -0.1) is 0 Å². The highest BCUT2D eigenvalue weighted by Gasteiger charge is 2.30. The Morgan fingerprint density at radius 1 is 0.267 bits per heavy atom. The number of carbonyl (C=O) groups is 4. The predicted octanol–water partition coefficient (Wildman–Crippen LogP) is 26.4. The third-order valence-corrected chi connectivity index (χ3v) is 22.5. The summed E-state index contributed by atoms with van der Waals surface area (Å²) in [6.07, 6.45) is 72.2. The van der Waals surface area contributed by atoms with E-state index in [0.29, 0.717) is 25.7 Å². The zero-order valence-corrected chi connectivity index (χ0v) is 70.7. The van der Waals surface area contributed by atoms with Gasteiger partial charge in [0.25, 0.3) is 0 Å². The molecule has 0 aliphatic carbocycles. The van der Waals surface area contributed by atoms with Crippen molar-refractivity contribution in [2.45, 2.75) is 483 Å². The lowest BCUT2D eigenvalue weighted by atomic mass is 9.99. The Hall–Kier alpha value is -1.94. The molecule has 3 N–H and O–H groups in total. The molecule has 0 aromatic rings. The topological polar surface area (TPSA) is 237 Å². The fraction of sp³-hybridized carbons (Fsp3) is 0.953. The number of hydrogen-bond acceptors (Lipinski definition) is 15. The molecule has 0 radical (unpaired) electrons. The molecule has 3 unspecified atom stereocenters. The molecule has 0 aliphatic rings. The maximum absolute atomic E-state index is 13.1. The Kier molecular flexibility index (Phi) is 77.3. The molecule has 0 rings (SSSR count). The molecule has 105 heavy (non-hydrogen) atoms. The van der Waals surface area contributed by atoms with Crippen LogP contribution in [0, 0.1) is 5.92 Å². The van der Waals surface area contributed by atoms with E-state index in [-0.39, 0.29) is 25.7 Å². The molecule has 0 aliphatic heterocycles. The van der Waals surface area contributed by atoms with E-state index in [1.165, 1.54) is 289 Å². The van der Waals surface area contributed by atoms with Gasteiger partial charge in [0.1, 0.15) is 19.3 Å². The molecular weight excluding hydrogens is 1370 g/mol. The van der Waals surface area contributed by atoms with Gasteiger partial charge < -0.3 is 33.8 Å². The Labute approximate surface area is 645 Å². The second kappa shape index (κ2) is 78.7. The Morgan fingerprint density at radius 3 is 0.676 bits per heavy atom. The number of hydrogen-bond donors (Lipinski definition) is 3. The van der Waals surface area contributed by atoms with E-state index >= 15 is 0 Å². The SMILES string of the molecule is CCCCCCCCCCCCCCCCCCCCCCCCC(=O)O[C@H](COC(=O)CCCCCCCCCCCCCCCCCCCC)COP(=O)(O)OC[C@@H](O)COP(=O)(O)OC[C@@H](COC(=O)CCCCCCCCCCC(C)CC)OC(=O)CCCCCCCCCCCCCCC. The van der Waals surface area contributed by atoms with Gasteiger partial charge in [-0.2, -0.15) is 0 Å². The molecule has 6 atom stereocenters. The lowest BCUT2D eigenvalue weighted by Gasteiger charge is -2.21. The molecule has 0 fully saturated rings. The van der Waals surface area contributed by atoms with Crippen LogP contribution in [0.25, 0.3) is 0 Å². The highest BCUT2D eigenvalue weighted by atomic mass is 31.2. The van der Waals surface area contributed by atoms with Crippen molar-refractivity contribution in [2.75, 3.05) is 39.6 Å². The van der Waals surface area contributed by atoms with Gasteiger partial charge >= 0.3 is 39.5 Å². The summed E-state index contributed by atoms with van der Waals surface area (Å²) in [7, 11) is -9.93. The van der Waals surface area contributed by atoms with Crippen molar-refractivity contribution in [3.63, 3.8) is 0 Å². The van der Waals surface area contributed by atoms with Crippen molar-refractivity contribution in [2.24, 2.45) is 5.92 Å². The minimum Gasteiger partial charge on any atom is -0.462 e. The lowest BCUT2D eigenvalue weighted by molar-refractivity contribution is -0.161. The summed E-state index contributed by atoms with van der Waals surface area (Å²) in [6, 6.07) is 0. The van der Waals surface area contributed by atoms with Gasteiger partial charge in [0.2, 0.25) is 0 Å². The number of aliphatic hydroxyl groups is 1. The average molecular weight is 1540 g/mol. The third-order valence-electron chi connectivity index (χ3n) is 20.6. The molecule has 17 nitrogen and oxygen atoms in total. The fourth-order valence-electron chi connectivity index (χ4n) is 13.4. The molecule has 0 bridgehead atoms. The van der Waals surface area contributed by atoms with Gasteiger partial charge in [0, 0.05) is 25.7 Å². The number of phosphoric ester groups is 2. The minimum absolute atomic E-state index is 0.108. The van der Waals surface area contributed by atoms with Gasteiger partial charge in [0.05, 0.1) is 26.4 Å². The van der Waals surface area contributed by atoms with Gasteiger partial charge in [-0.3, -0.25) is 37.3 Å². The number of esters is 4. The number of phosphoric acid groups is 2. The highest BCUT2D eigenvalue weighted by Crippen LogP contribution is 2.45. The lowest BCUT2D eigenvalue weighted by Crippen LogP contribution is -2.30. The summed E-state index contributed by atoms with van der Waals surface area (Å²) < 4.78 is 68.9. The van der Waals surface area contributed by atoms with Crippen LogP contribution in [0.1, 0.15) is 465 Å². The van der Waals surface area contributed by atoms with Gasteiger partial charge in [0.15, 0.2) is 12.2 Å². The largest absolute Gasteiger partial charge is 0.472 e. The van der Waals surface area contributed by atoms with E-state index in [0.717, 1.165) is 95.8 Å². The predicted molar refractivity (Wildman–Crippen MR) is 432 cm³/mol. The van der Waals surface area contributed by atoms with Crippen molar-refractivity contribution >= 4 is 39.5 Å². The molecule has 19 heteroatoms. The first kappa shape index (κ1) is 103. The smallest absolute Gasteiger partial charge is 0.462 e. The van der Waals surface area contributed by atoms with E-state index in [1.54, 1.807) is 0 Å². The molecule has 0 saturated heterocycles. The van der Waals surface area contributed by atoms with Crippen LogP contribution in [0.5, 0.6) is 0 Å². The fourth-order valence-corrected chi connectivity index (χ4v) is 15.0. The zero-order chi connectivity index (χ0) is 76.9. The third kappa shape index (κ3) is 78.5. The number of unbranched alkanes of at least 4 members (excludes halogenated alkanes) is 57. The van der Waals surface area contributed by atoms with E-state index in [2.05, 4.69) is 34.6 Å². The molecule has 0 aromatic heterocycles. The number of rotatable bonds is 86. The average Bonchev–Trinajstić information content (AvgIpc) is 1.03. The number of carbonyl (C=O) groups excluding carboxylic acids is 4. The summed E-state index contributed by atoms with van der Waals surface area (Å²) in [5, 5.41) is 10.7. The van der Waals surface area contributed by atoms with Gasteiger partial charge in [-0.1, -0.05) is 413 Å². The highest BCUT2D eigenvalue weighted by molar-refractivity contribution is 7.47. The van der Waals surface area contributed by atoms with Crippen molar-refractivity contribution in [3.8, 4) is 0 Å². The Bertz CT molecular complexity index is 2000. The second-order valence-electron chi connectivity index (χ2n) is 31.2. The van der Waals surface area contributed by atoms with Crippen molar-refractivity contribution in [1.29, 1.82) is 0 Å². The summed E-state index contributed by atoms with van der Waals surface area (Å²) in [5.41, 5.74) is 0. The van der Waals surface area contributed by atoms with E-state index in [4.69, 9.17) is 37.0 Å². The van der Waals surface area contributed by atoms with Crippen LogP contribution >= 0.6 is 15.6 Å². The second-order valence-corrected chi connectivity index (χ2v) is 34.1. The summed E-state index contributed by atoms with van der Waals surface area (Å²) in [5.74, 6) is -1.32. The van der Waals surface area contributed by atoms with Crippen molar-refractivity contribution in [3.05, 3.63) is 0 Å². The van der Waals surface area contributed by atoms with Crippen LogP contribution < -0.4 is 0 Å². The standard InChI is InChI=1S/C86H168O17P2/c1-6-10-13-16-19-22-25-28-30-32-34-35-36-37-39-41-44-47-50-57-62-67-72-86(91)102-81(75-96-83(88)69-64-59-54-48-45-43-40-38-33-31-29-26-23-20-17-14-11-7-2)77-100-104(92,93)98-73-80(87)74-99-105(94,95)101-78-82(76-97-84(89)70-65-60-55-52-51-53-58-63-68-79(5)9-4)103-85(90)71-66-61-56-49-46-42-27-24-21-18-15-12-8-3/h79-82,87H,6-78H2,1-5H3,(H,92,93)(H,94,95)/t79?,80-,81-,82-/m1/s1. The summed E-state index contributed by atoms with van der Waals surface area (Å²) >= 11 is 0. The number of ether oxygens (including phenoxy) is 4. The van der Waals surface area contributed by atoms with Gasteiger partial charge in [-0.25, -0.2) is 9.13 Å². The molecular formula is C86H168O17P2. The zero-order valence-electron chi connectivity index (χ0n) is 68.9. The van der Waals surface area contributed by atoms with E-state index in [9.17, 15) is 43.2 Å². The first-order valence-electron chi connectivity index (χ1n) is 44.7. The quantitative estimate of drug-likeness (QED) is 0.0222. The van der Waals surface area contributed by atoms with E-state index in [1.807, 2.05) is 0 Å². The summed E-state index contributed by atoms with van der Waals surface area (Å²) in [4.78, 5) is 73.2. The first-order valence-corrected chi connectivity index (χ1v) is 47.7. The maximum atomic E-state index is 13.1. The molecule has 0 amide bonds. The molecule has 0 spiro atoms. The van der Waals surface area contributed by atoms with Crippen LogP contribution in [-0.4, -0.2) is 96.7 Å². The first-order chi connectivity index (χ1) is 51.1. The normalized spacial score (nSPS) is 14.0. The molecule has 624 valence electrons. The maximum Gasteiger partial charge on any atom is 0.472 e. The van der Waals surface area contributed by atoms with Crippen LogP contribution in [0.2, 0.25) is 0 Å². The van der Waals surface area contributed by atoms with Crippen molar-refractivity contribution in [1.82, 2.24) is 0 Å². The molecule has 0 heterocycles. The van der Waals surface area contributed by atoms with Crippen LogP contribution in [0.3, 0.4) is 0 Å². The monoisotopic (exact) mass is 1540 g/mol. The summed E-state index contributed by atoms with van der Waals surface area (Å²) in [6.45, 7) is 7.36. The molecule has 0 aromatic carbocycles. The molecule has 0 saturated carbocycles. The number of aliphatic hydroxyl groups excluding tert-OH is 1. The van der Waals surface area contributed by atoms with Crippen LogP contribution in [0.15, 0.2) is 0 Å². The Balaban J connectivity index is 5.23. The Morgan fingerprint density at radius 2 is 0.457 bits per heavy atom. The van der Waals surface area contributed by atoms with E-state index < -0.39 is 97.5 Å². The van der Waals surface area contributed by atoms with Crippen molar-refractivity contribution < 1.29 is 80.2 Å².